The van der Waals surface area contributed by atoms with Crippen LogP contribution in [0.15, 0.2) is 43.0 Å². The minimum Gasteiger partial charge on any atom is -0.507 e. The van der Waals surface area contributed by atoms with Crippen LogP contribution >= 0.6 is 0 Å². The quantitative estimate of drug-likeness (QED) is 0.313. The minimum absolute atomic E-state index is 0.0103. The van der Waals surface area contributed by atoms with Crippen molar-refractivity contribution in [1.82, 2.24) is 20.4 Å². The van der Waals surface area contributed by atoms with Crippen LogP contribution in [0.1, 0.15) is 54.9 Å². The number of carbonyl (C=O) groups excluding carboxylic acids is 1. The van der Waals surface area contributed by atoms with Crippen molar-refractivity contribution in [3.63, 3.8) is 0 Å². The minimum atomic E-state index is -0.292. The summed E-state index contributed by atoms with van der Waals surface area (Å²) >= 11 is 0. The summed E-state index contributed by atoms with van der Waals surface area (Å²) in [6, 6.07) is 11.3. The molecule has 184 valence electrons. The van der Waals surface area contributed by atoms with E-state index >= 15 is 0 Å². The predicted molar refractivity (Wildman–Crippen MR) is 139 cm³/mol. The monoisotopic (exact) mass is 465 g/mol. The van der Waals surface area contributed by atoms with Crippen molar-refractivity contribution in [3.8, 4) is 5.75 Å². The molecule has 0 radical (unpaired) electrons. The number of carbonyl (C=O) groups is 1. The summed E-state index contributed by atoms with van der Waals surface area (Å²) in [5, 5.41) is 16.7. The standard InChI is InChI=1S/C27H39N5O2/c1-19(2)23-15-24(26(33)16-25(23)28)20(3)32(27(34)29-4)18-22-9-7-21(8-10-22)17-30-11-14-31-12-5-6-13-31/h7-10,15-16,19,30,33H,3,5-6,11-14,17-18,28H2,1-2,4H3,(H,29,34). The fraction of sp³-hybridized carbons (Fsp3) is 0.444. The predicted octanol–water partition coefficient (Wildman–Crippen LogP) is 4.10. The molecule has 2 aromatic rings. The van der Waals surface area contributed by atoms with Gasteiger partial charge < -0.3 is 26.4 Å². The van der Waals surface area contributed by atoms with Gasteiger partial charge in [-0.05, 0) is 54.6 Å². The van der Waals surface area contributed by atoms with Gasteiger partial charge in [-0.2, -0.15) is 0 Å². The second kappa shape index (κ2) is 11.9. The number of hydrogen-bond donors (Lipinski definition) is 4. The van der Waals surface area contributed by atoms with Crippen LogP contribution < -0.4 is 16.4 Å². The molecule has 0 saturated carbocycles. The first-order valence-electron chi connectivity index (χ1n) is 12.1. The normalized spacial score (nSPS) is 13.9. The molecule has 7 heteroatoms. The van der Waals surface area contributed by atoms with Gasteiger partial charge in [-0.25, -0.2) is 4.79 Å². The van der Waals surface area contributed by atoms with Crippen molar-refractivity contribution in [1.29, 1.82) is 0 Å². The van der Waals surface area contributed by atoms with E-state index in [1.54, 1.807) is 11.9 Å². The smallest absolute Gasteiger partial charge is 0.321 e. The van der Waals surface area contributed by atoms with Gasteiger partial charge in [0.25, 0.3) is 0 Å². The second-order valence-corrected chi connectivity index (χ2v) is 9.28. The van der Waals surface area contributed by atoms with Gasteiger partial charge in [-0.15, -0.1) is 0 Å². The molecule has 0 atom stereocenters. The molecule has 0 unspecified atom stereocenters. The average Bonchev–Trinajstić information content (AvgIpc) is 3.33. The summed E-state index contributed by atoms with van der Waals surface area (Å²) in [4.78, 5) is 16.8. The maximum absolute atomic E-state index is 12.7. The lowest BCUT2D eigenvalue weighted by atomic mass is 9.96. The molecular formula is C27H39N5O2. The second-order valence-electron chi connectivity index (χ2n) is 9.28. The number of likely N-dealkylation sites (tertiary alicyclic amines) is 1. The van der Waals surface area contributed by atoms with E-state index in [1.807, 2.05) is 32.0 Å². The zero-order valence-corrected chi connectivity index (χ0v) is 20.7. The molecule has 1 saturated heterocycles. The van der Waals surface area contributed by atoms with Crippen LogP contribution in [0, 0.1) is 0 Å². The van der Waals surface area contributed by atoms with Crippen molar-refractivity contribution in [2.24, 2.45) is 0 Å². The highest BCUT2D eigenvalue weighted by molar-refractivity contribution is 5.86. The molecule has 0 bridgehead atoms. The first-order valence-corrected chi connectivity index (χ1v) is 12.1. The van der Waals surface area contributed by atoms with Crippen LogP contribution in [-0.4, -0.2) is 54.2 Å². The van der Waals surface area contributed by atoms with Gasteiger partial charge >= 0.3 is 6.03 Å². The molecule has 7 nitrogen and oxygen atoms in total. The van der Waals surface area contributed by atoms with Crippen molar-refractivity contribution >= 4 is 17.4 Å². The maximum atomic E-state index is 12.7. The van der Waals surface area contributed by atoms with E-state index in [2.05, 4.69) is 34.2 Å². The third-order valence-electron chi connectivity index (χ3n) is 6.42. The lowest BCUT2D eigenvalue weighted by Gasteiger charge is -2.26. The number of aromatic hydroxyl groups is 1. The Morgan fingerprint density at radius 3 is 2.44 bits per heavy atom. The fourth-order valence-electron chi connectivity index (χ4n) is 4.34. The van der Waals surface area contributed by atoms with E-state index in [-0.39, 0.29) is 17.7 Å². The summed E-state index contributed by atoms with van der Waals surface area (Å²) in [5.41, 5.74) is 10.6. The molecule has 3 rings (SSSR count). The molecule has 1 aliphatic rings. The van der Waals surface area contributed by atoms with E-state index < -0.39 is 0 Å². The number of nitrogens with one attached hydrogen (secondary N) is 2. The topological polar surface area (TPSA) is 93.9 Å². The van der Waals surface area contributed by atoms with Crippen LogP contribution in [0.3, 0.4) is 0 Å². The fourth-order valence-corrected chi connectivity index (χ4v) is 4.34. The third-order valence-corrected chi connectivity index (χ3v) is 6.42. The van der Waals surface area contributed by atoms with E-state index in [0.29, 0.717) is 23.5 Å². The van der Waals surface area contributed by atoms with Gasteiger partial charge in [0.15, 0.2) is 0 Å². The molecule has 5 N–H and O–H groups in total. The first kappa shape index (κ1) is 25.6. The van der Waals surface area contributed by atoms with Crippen LogP contribution in [-0.2, 0) is 13.1 Å². The lowest BCUT2D eigenvalue weighted by molar-refractivity contribution is 0.219. The summed E-state index contributed by atoms with van der Waals surface area (Å²) in [7, 11) is 1.59. The highest BCUT2D eigenvalue weighted by Crippen LogP contribution is 2.34. The highest BCUT2D eigenvalue weighted by atomic mass is 16.3. The summed E-state index contributed by atoms with van der Waals surface area (Å²) < 4.78 is 0. The number of benzene rings is 2. The van der Waals surface area contributed by atoms with Crippen molar-refractivity contribution in [3.05, 3.63) is 65.2 Å². The number of anilines is 1. The van der Waals surface area contributed by atoms with Gasteiger partial charge in [-0.3, -0.25) is 4.90 Å². The molecule has 1 fully saturated rings. The van der Waals surface area contributed by atoms with Crippen LogP contribution in [0.25, 0.3) is 5.70 Å². The van der Waals surface area contributed by atoms with Gasteiger partial charge in [0.1, 0.15) is 5.75 Å². The van der Waals surface area contributed by atoms with E-state index in [9.17, 15) is 9.90 Å². The maximum Gasteiger partial charge on any atom is 0.321 e. The van der Waals surface area contributed by atoms with Crippen LogP contribution in [0.5, 0.6) is 5.75 Å². The zero-order chi connectivity index (χ0) is 24.7. The van der Waals surface area contributed by atoms with E-state index in [0.717, 1.165) is 30.8 Å². The summed E-state index contributed by atoms with van der Waals surface area (Å²) in [6.07, 6.45) is 2.63. The molecule has 2 amide bonds. The molecule has 1 aliphatic heterocycles. The van der Waals surface area contributed by atoms with Gasteiger partial charge in [0.05, 0.1) is 6.54 Å². The largest absolute Gasteiger partial charge is 0.507 e. The van der Waals surface area contributed by atoms with E-state index in [1.165, 1.54) is 37.6 Å². The van der Waals surface area contributed by atoms with Crippen molar-refractivity contribution in [2.45, 2.75) is 45.7 Å². The van der Waals surface area contributed by atoms with Gasteiger partial charge in [0, 0.05) is 49.7 Å². The van der Waals surface area contributed by atoms with Gasteiger partial charge in [0.2, 0.25) is 0 Å². The number of nitrogens with zero attached hydrogens (tertiary/aromatic N) is 2. The number of phenols is 1. The molecule has 1 heterocycles. The number of rotatable bonds is 10. The Hall–Kier alpha value is -3.03. The zero-order valence-electron chi connectivity index (χ0n) is 20.7. The molecule has 2 aromatic carbocycles. The number of urea groups is 1. The van der Waals surface area contributed by atoms with E-state index in [4.69, 9.17) is 5.73 Å². The van der Waals surface area contributed by atoms with Crippen molar-refractivity contribution < 1.29 is 9.90 Å². The molecule has 0 aliphatic carbocycles. The molecular weight excluding hydrogens is 426 g/mol. The Kier molecular flexibility index (Phi) is 8.96. The number of nitrogens with two attached hydrogens (primary N) is 1. The van der Waals surface area contributed by atoms with Gasteiger partial charge in [-0.1, -0.05) is 44.7 Å². The lowest BCUT2D eigenvalue weighted by Crippen LogP contribution is -2.36. The summed E-state index contributed by atoms with van der Waals surface area (Å²) in [5.74, 6) is 0.188. The number of hydrogen-bond acceptors (Lipinski definition) is 5. The Labute approximate surface area is 203 Å². The SMILES string of the molecule is C=C(c1cc(C(C)C)c(N)cc1O)N(Cc1ccc(CNCCN2CCCC2)cc1)C(=O)NC. The molecule has 34 heavy (non-hydrogen) atoms. The molecule has 0 aromatic heterocycles. The third kappa shape index (κ3) is 6.52. The Morgan fingerprint density at radius 2 is 1.82 bits per heavy atom. The number of phenolic OH excluding ortho intramolecular Hbond substituents is 1. The molecule has 0 spiro atoms. The number of amides is 2. The number of nitrogen functional groups attached to an aromatic ring is 1. The Balaban J connectivity index is 1.66. The van der Waals surface area contributed by atoms with Crippen LogP contribution in [0.2, 0.25) is 0 Å². The Bertz CT molecular complexity index is 981. The average molecular weight is 466 g/mol. The Morgan fingerprint density at radius 1 is 1.18 bits per heavy atom. The highest BCUT2D eigenvalue weighted by Gasteiger charge is 2.21. The first-order chi connectivity index (χ1) is 16.3. The summed E-state index contributed by atoms with van der Waals surface area (Å²) in [6.45, 7) is 13.9. The van der Waals surface area contributed by atoms with Crippen LogP contribution in [0.4, 0.5) is 10.5 Å². The van der Waals surface area contributed by atoms with Crippen molar-refractivity contribution in [2.75, 3.05) is 39.0 Å².